The quantitative estimate of drug-likeness (QED) is 0.766. The fourth-order valence-electron chi connectivity index (χ4n) is 2.16. The summed E-state index contributed by atoms with van der Waals surface area (Å²) in [4.78, 5) is 0. The molecule has 3 nitrogen and oxygen atoms in total. The van der Waals surface area contributed by atoms with Gasteiger partial charge < -0.3 is 10.1 Å². The topological polar surface area (TPSA) is 45.0 Å². The van der Waals surface area contributed by atoms with E-state index in [2.05, 4.69) is 18.3 Å². The average Bonchev–Trinajstić information content (AvgIpc) is 2.98. The Morgan fingerprint density at radius 1 is 1.27 bits per heavy atom. The van der Waals surface area contributed by atoms with Gasteiger partial charge in [-0.1, -0.05) is 0 Å². The van der Waals surface area contributed by atoms with Gasteiger partial charge in [0, 0.05) is 31.7 Å². The fraction of sp³-hybridized carbons (Fsp3) is 0.917. The Morgan fingerprint density at radius 3 is 2.47 bits per heavy atom. The van der Waals surface area contributed by atoms with E-state index in [4.69, 9.17) is 10.00 Å². The van der Waals surface area contributed by atoms with Crippen LogP contribution in [0, 0.1) is 16.7 Å². The second kappa shape index (κ2) is 4.11. The van der Waals surface area contributed by atoms with E-state index in [0.29, 0.717) is 11.8 Å². The number of hydrogen-bond acceptors (Lipinski definition) is 3. The molecule has 0 amide bonds. The summed E-state index contributed by atoms with van der Waals surface area (Å²) in [7, 11) is 0. The third-order valence-electron chi connectivity index (χ3n) is 3.90. The smallest absolute Gasteiger partial charge is 0.0628 e. The molecule has 3 heteroatoms. The highest BCUT2D eigenvalue weighted by Crippen LogP contribution is 2.48. The number of nitrogens with zero attached hydrogens (tertiary/aromatic N) is 1. The number of nitriles is 1. The number of hydrogen-bond donors (Lipinski definition) is 1. The van der Waals surface area contributed by atoms with E-state index in [1.165, 1.54) is 12.8 Å². The zero-order valence-corrected chi connectivity index (χ0v) is 9.51. The van der Waals surface area contributed by atoms with Gasteiger partial charge in [-0.2, -0.15) is 5.26 Å². The predicted molar refractivity (Wildman–Crippen MR) is 58.4 cm³/mol. The molecule has 1 aliphatic heterocycles. The van der Waals surface area contributed by atoms with E-state index in [1.807, 2.05) is 0 Å². The largest absolute Gasteiger partial charge is 0.381 e. The lowest BCUT2D eigenvalue weighted by Crippen LogP contribution is -2.48. The molecule has 2 rings (SSSR count). The molecule has 0 atom stereocenters. The van der Waals surface area contributed by atoms with E-state index in [1.54, 1.807) is 0 Å². The molecule has 0 unspecified atom stereocenters. The lowest BCUT2D eigenvalue weighted by Gasteiger charge is -2.36. The van der Waals surface area contributed by atoms with Crippen molar-refractivity contribution in [1.82, 2.24) is 5.32 Å². The van der Waals surface area contributed by atoms with Crippen LogP contribution in [0.5, 0.6) is 0 Å². The normalized spacial score (nSPS) is 26.9. The molecule has 1 aliphatic carbocycles. The maximum Gasteiger partial charge on any atom is 0.0628 e. The van der Waals surface area contributed by atoms with Crippen LogP contribution in [-0.4, -0.2) is 25.3 Å². The van der Waals surface area contributed by atoms with E-state index in [0.717, 1.165) is 32.6 Å². The highest BCUT2D eigenvalue weighted by molar-refractivity contribution is 5.02. The molecule has 0 bridgehead atoms. The Bertz CT molecular complexity index is 259. The summed E-state index contributed by atoms with van der Waals surface area (Å²) in [5, 5.41) is 12.4. The minimum Gasteiger partial charge on any atom is -0.381 e. The second-order valence-corrected chi connectivity index (χ2v) is 5.36. The average molecular weight is 208 g/mol. The Kier molecular flexibility index (Phi) is 2.99. The van der Waals surface area contributed by atoms with Crippen molar-refractivity contribution < 1.29 is 4.74 Å². The second-order valence-electron chi connectivity index (χ2n) is 5.36. The standard InChI is InChI=1S/C12H20N2O/c1-11(5-8-15-9-6-11)14-10-12(2-3-12)4-7-13/h14H,2-6,8-10H2,1H3. The molecule has 2 fully saturated rings. The van der Waals surface area contributed by atoms with Crippen LogP contribution in [0.1, 0.15) is 39.0 Å². The van der Waals surface area contributed by atoms with Crippen LogP contribution in [0.25, 0.3) is 0 Å². The van der Waals surface area contributed by atoms with Crippen LogP contribution >= 0.6 is 0 Å². The van der Waals surface area contributed by atoms with E-state index in [-0.39, 0.29) is 5.54 Å². The van der Waals surface area contributed by atoms with Gasteiger partial charge >= 0.3 is 0 Å². The van der Waals surface area contributed by atoms with Crippen molar-refractivity contribution in [1.29, 1.82) is 5.26 Å². The predicted octanol–water partition coefficient (Wildman–Crippen LogP) is 1.84. The first-order valence-electron chi connectivity index (χ1n) is 5.88. The van der Waals surface area contributed by atoms with Gasteiger partial charge in [-0.3, -0.25) is 0 Å². The van der Waals surface area contributed by atoms with Gasteiger partial charge in [-0.05, 0) is 38.0 Å². The van der Waals surface area contributed by atoms with Gasteiger partial charge in [0.05, 0.1) is 6.07 Å². The van der Waals surface area contributed by atoms with Crippen molar-refractivity contribution >= 4 is 0 Å². The molecule has 1 saturated heterocycles. The first-order valence-corrected chi connectivity index (χ1v) is 5.88. The molecule has 15 heavy (non-hydrogen) atoms. The molecule has 1 saturated carbocycles. The van der Waals surface area contributed by atoms with Gasteiger partial charge in [-0.15, -0.1) is 0 Å². The van der Waals surface area contributed by atoms with Gasteiger partial charge in [-0.25, -0.2) is 0 Å². The molecular weight excluding hydrogens is 188 g/mol. The van der Waals surface area contributed by atoms with Crippen molar-refractivity contribution in [2.45, 2.75) is 44.6 Å². The minimum atomic E-state index is 0.239. The Balaban J connectivity index is 1.79. The molecule has 0 spiro atoms. The Labute approximate surface area is 91.8 Å². The van der Waals surface area contributed by atoms with Gasteiger partial charge in [0.25, 0.3) is 0 Å². The summed E-state index contributed by atoms with van der Waals surface area (Å²) in [5.74, 6) is 0. The molecule has 2 aliphatic rings. The number of ether oxygens (including phenoxy) is 1. The van der Waals surface area contributed by atoms with Crippen molar-refractivity contribution in [3.8, 4) is 6.07 Å². The molecule has 0 aromatic carbocycles. The van der Waals surface area contributed by atoms with Gasteiger partial charge in [0.2, 0.25) is 0 Å². The summed E-state index contributed by atoms with van der Waals surface area (Å²) in [6.45, 7) is 5.03. The third-order valence-corrected chi connectivity index (χ3v) is 3.90. The van der Waals surface area contributed by atoms with Crippen molar-refractivity contribution in [2.24, 2.45) is 5.41 Å². The van der Waals surface area contributed by atoms with Crippen LogP contribution in [0.15, 0.2) is 0 Å². The maximum absolute atomic E-state index is 8.75. The van der Waals surface area contributed by atoms with Crippen LogP contribution in [0.3, 0.4) is 0 Å². The SMILES string of the molecule is CC1(NCC2(CC#N)CC2)CCOCC1. The Hall–Kier alpha value is -0.590. The summed E-state index contributed by atoms with van der Waals surface area (Å²) in [6.07, 6.45) is 5.35. The summed E-state index contributed by atoms with van der Waals surface area (Å²) in [5.41, 5.74) is 0.555. The zero-order valence-electron chi connectivity index (χ0n) is 9.51. The van der Waals surface area contributed by atoms with Crippen LogP contribution in [0.2, 0.25) is 0 Å². The zero-order chi connectivity index (χ0) is 10.8. The van der Waals surface area contributed by atoms with E-state index < -0.39 is 0 Å². The summed E-state index contributed by atoms with van der Waals surface area (Å²) in [6, 6.07) is 2.31. The minimum absolute atomic E-state index is 0.239. The lowest BCUT2D eigenvalue weighted by molar-refractivity contribution is 0.0432. The van der Waals surface area contributed by atoms with Crippen LogP contribution in [-0.2, 0) is 4.74 Å². The highest BCUT2D eigenvalue weighted by Gasteiger charge is 2.43. The number of nitrogens with one attached hydrogen (secondary N) is 1. The van der Waals surface area contributed by atoms with Crippen molar-refractivity contribution in [3.63, 3.8) is 0 Å². The molecule has 1 N–H and O–H groups in total. The molecule has 0 radical (unpaired) electrons. The van der Waals surface area contributed by atoms with Crippen molar-refractivity contribution in [2.75, 3.05) is 19.8 Å². The lowest BCUT2D eigenvalue weighted by atomic mass is 9.91. The maximum atomic E-state index is 8.75. The highest BCUT2D eigenvalue weighted by atomic mass is 16.5. The molecule has 0 aromatic heterocycles. The van der Waals surface area contributed by atoms with Crippen molar-refractivity contribution in [3.05, 3.63) is 0 Å². The number of rotatable bonds is 4. The summed E-state index contributed by atoms with van der Waals surface area (Å²) < 4.78 is 5.37. The van der Waals surface area contributed by atoms with Gasteiger partial charge in [0.15, 0.2) is 0 Å². The molecular formula is C12H20N2O. The fourth-order valence-corrected chi connectivity index (χ4v) is 2.16. The van der Waals surface area contributed by atoms with Crippen LogP contribution in [0.4, 0.5) is 0 Å². The van der Waals surface area contributed by atoms with E-state index in [9.17, 15) is 0 Å². The molecule has 1 heterocycles. The van der Waals surface area contributed by atoms with Crippen LogP contribution < -0.4 is 5.32 Å². The Morgan fingerprint density at radius 2 is 1.93 bits per heavy atom. The van der Waals surface area contributed by atoms with E-state index >= 15 is 0 Å². The monoisotopic (exact) mass is 208 g/mol. The molecule has 84 valence electrons. The summed E-state index contributed by atoms with van der Waals surface area (Å²) >= 11 is 0. The first kappa shape index (κ1) is 10.9. The van der Waals surface area contributed by atoms with Gasteiger partial charge in [0.1, 0.15) is 0 Å². The molecule has 0 aromatic rings. The third kappa shape index (κ3) is 2.70. The first-order chi connectivity index (χ1) is 7.18.